The van der Waals surface area contributed by atoms with Crippen LogP contribution >= 0.6 is 11.3 Å². The van der Waals surface area contributed by atoms with E-state index in [1.54, 1.807) is 29.3 Å². The van der Waals surface area contributed by atoms with Gasteiger partial charge in [-0.2, -0.15) is 11.3 Å². The van der Waals surface area contributed by atoms with Crippen LogP contribution in [0, 0.1) is 5.82 Å². The SMILES string of the molecule is CCN(CC)c1ccc(CN(C(=O)c2ccsc2)c2ccc(F)cc2)cn1. The molecule has 0 saturated carbocycles. The van der Waals surface area contributed by atoms with Crippen molar-refractivity contribution in [2.24, 2.45) is 0 Å². The summed E-state index contributed by atoms with van der Waals surface area (Å²) in [6.07, 6.45) is 1.80. The summed E-state index contributed by atoms with van der Waals surface area (Å²) in [5, 5.41) is 3.69. The average Bonchev–Trinajstić information content (AvgIpc) is 3.23. The zero-order valence-electron chi connectivity index (χ0n) is 15.4. The molecule has 0 fully saturated rings. The second-order valence-corrected chi connectivity index (χ2v) is 6.86. The van der Waals surface area contributed by atoms with Crippen molar-refractivity contribution >= 4 is 28.7 Å². The number of aromatic nitrogens is 1. The standard InChI is InChI=1S/C21H22FN3OS/c1-3-24(4-2)20-10-5-16(13-23-20)14-25(19-8-6-18(22)7-9-19)21(26)17-11-12-27-15-17/h5-13,15H,3-4,14H2,1-2H3. The van der Waals surface area contributed by atoms with E-state index in [2.05, 4.69) is 23.7 Å². The lowest BCUT2D eigenvalue weighted by atomic mass is 10.2. The van der Waals surface area contributed by atoms with Crippen molar-refractivity contribution in [2.45, 2.75) is 20.4 Å². The molecule has 0 aliphatic rings. The highest BCUT2D eigenvalue weighted by molar-refractivity contribution is 7.08. The Kier molecular flexibility index (Phi) is 6.19. The number of amides is 1. The molecule has 2 heterocycles. The molecular formula is C21H22FN3OS. The van der Waals surface area contributed by atoms with Crippen molar-refractivity contribution in [3.05, 3.63) is 76.4 Å². The maximum absolute atomic E-state index is 13.3. The largest absolute Gasteiger partial charge is 0.357 e. The molecule has 0 aliphatic heterocycles. The molecule has 0 aliphatic carbocycles. The van der Waals surface area contributed by atoms with Crippen LogP contribution in [0.4, 0.5) is 15.9 Å². The second kappa shape index (κ2) is 8.77. The number of hydrogen-bond acceptors (Lipinski definition) is 4. The van der Waals surface area contributed by atoms with E-state index < -0.39 is 0 Å². The van der Waals surface area contributed by atoms with Gasteiger partial charge in [-0.1, -0.05) is 6.07 Å². The first-order valence-corrected chi connectivity index (χ1v) is 9.86. The van der Waals surface area contributed by atoms with Gasteiger partial charge in [0, 0.05) is 30.4 Å². The average molecular weight is 383 g/mol. The number of benzene rings is 1. The molecule has 140 valence electrons. The van der Waals surface area contributed by atoms with Gasteiger partial charge in [0.15, 0.2) is 0 Å². The van der Waals surface area contributed by atoms with E-state index in [1.807, 2.05) is 22.9 Å². The van der Waals surface area contributed by atoms with Gasteiger partial charge in [-0.05, 0) is 61.2 Å². The van der Waals surface area contributed by atoms with Crippen molar-refractivity contribution in [1.82, 2.24) is 4.98 Å². The predicted molar refractivity (Wildman–Crippen MR) is 109 cm³/mol. The molecule has 0 atom stereocenters. The van der Waals surface area contributed by atoms with Crippen molar-refractivity contribution < 1.29 is 9.18 Å². The highest BCUT2D eigenvalue weighted by Crippen LogP contribution is 2.22. The number of rotatable bonds is 7. The Labute approximate surface area is 162 Å². The van der Waals surface area contributed by atoms with Crippen LogP contribution in [0.2, 0.25) is 0 Å². The van der Waals surface area contributed by atoms with Crippen molar-refractivity contribution in [2.75, 3.05) is 22.9 Å². The van der Waals surface area contributed by atoms with Crippen LogP contribution in [0.25, 0.3) is 0 Å². The van der Waals surface area contributed by atoms with Gasteiger partial charge in [0.1, 0.15) is 11.6 Å². The summed E-state index contributed by atoms with van der Waals surface area (Å²) in [5.41, 5.74) is 2.19. The molecule has 0 N–H and O–H groups in total. The number of carbonyl (C=O) groups is 1. The summed E-state index contributed by atoms with van der Waals surface area (Å²) < 4.78 is 13.3. The number of halogens is 1. The molecule has 6 heteroatoms. The molecule has 0 bridgehead atoms. The van der Waals surface area contributed by atoms with Gasteiger partial charge in [0.05, 0.1) is 12.1 Å². The minimum absolute atomic E-state index is 0.115. The molecule has 0 unspecified atom stereocenters. The molecule has 0 spiro atoms. The molecule has 2 aromatic heterocycles. The molecule has 0 radical (unpaired) electrons. The van der Waals surface area contributed by atoms with E-state index in [0.717, 1.165) is 24.5 Å². The molecule has 1 aromatic carbocycles. The molecule has 3 aromatic rings. The summed E-state index contributed by atoms with van der Waals surface area (Å²) >= 11 is 1.47. The maximum Gasteiger partial charge on any atom is 0.259 e. The van der Waals surface area contributed by atoms with Crippen LogP contribution in [0.1, 0.15) is 29.8 Å². The van der Waals surface area contributed by atoms with Gasteiger partial charge in [-0.3, -0.25) is 4.79 Å². The first kappa shape index (κ1) is 19.0. The van der Waals surface area contributed by atoms with Crippen LogP contribution in [-0.2, 0) is 6.54 Å². The highest BCUT2D eigenvalue weighted by atomic mass is 32.1. The van der Waals surface area contributed by atoms with Crippen LogP contribution in [-0.4, -0.2) is 24.0 Å². The zero-order chi connectivity index (χ0) is 19.2. The number of thiophene rings is 1. The quantitative estimate of drug-likeness (QED) is 0.578. The Hall–Kier alpha value is -2.73. The summed E-state index contributed by atoms with van der Waals surface area (Å²) in [6.45, 7) is 6.33. The van der Waals surface area contributed by atoms with E-state index in [-0.39, 0.29) is 11.7 Å². The molecule has 27 heavy (non-hydrogen) atoms. The fraction of sp³-hybridized carbons (Fsp3) is 0.238. The first-order chi connectivity index (χ1) is 13.1. The fourth-order valence-electron chi connectivity index (χ4n) is 2.87. The van der Waals surface area contributed by atoms with Gasteiger partial charge in [0.25, 0.3) is 5.91 Å². The number of pyridine rings is 1. The summed E-state index contributed by atoms with van der Waals surface area (Å²) in [5.74, 6) is 0.476. The van der Waals surface area contributed by atoms with Crippen LogP contribution in [0.3, 0.4) is 0 Å². The molecule has 4 nitrogen and oxygen atoms in total. The zero-order valence-corrected chi connectivity index (χ0v) is 16.2. The third-order valence-corrected chi connectivity index (χ3v) is 5.07. The number of nitrogens with zero attached hydrogens (tertiary/aromatic N) is 3. The van der Waals surface area contributed by atoms with E-state index >= 15 is 0 Å². The minimum Gasteiger partial charge on any atom is -0.357 e. The smallest absolute Gasteiger partial charge is 0.259 e. The molecular weight excluding hydrogens is 361 g/mol. The van der Waals surface area contributed by atoms with E-state index in [0.29, 0.717) is 17.8 Å². The van der Waals surface area contributed by atoms with Gasteiger partial charge in [-0.15, -0.1) is 0 Å². The topological polar surface area (TPSA) is 36.4 Å². The fourth-order valence-corrected chi connectivity index (χ4v) is 3.50. The molecule has 3 rings (SSSR count). The number of anilines is 2. The van der Waals surface area contributed by atoms with Gasteiger partial charge < -0.3 is 9.80 Å². The third-order valence-electron chi connectivity index (χ3n) is 4.39. The summed E-state index contributed by atoms with van der Waals surface area (Å²) in [6, 6.07) is 11.7. The van der Waals surface area contributed by atoms with Crippen molar-refractivity contribution in [3.8, 4) is 0 Å². The van der Waals surface area contributed by atoms with Gasteiger partial charge >= 0.3 is 0 Å². The van der Waals surface area contributed by atoms with Crippen LogP contribution in [0.5, 0.6) is 0 Å². The Morgan fingerprint density at radius 2 is 1.81 bits per heavy atom. The Bertz CT molecular complexity index is 859. The second-order valence-electron chi connectivity index (χ2n) is 6.08. The number of carbonyl (C=O) groups excluding carboxylic acids is 1. The summed E-state index contributed by atoms with van der Waals surface area (Å²) in [7, 11) is 0. The van der Waals surface area contributed by atoms with Gasteiger partial charge in [0.2, 0.25) is 0 Å². The lowest BCUT2D eigenvalue weighted by Crippen LogP contribution is -2.30. The maximum atomic E-state index is 13.3. The minimum atomic E-state index is -0.327. The van der Waals surface area contributed by atoms with Crippen molar-refractivity contribution in [1.29, 1.82) is 0 Å². The highest BCUT2D eigenvalue weighted by Gasteiger charge is 2.19. The Balaban J connectivity index is 1.87. The third kappa shape index (κ3) is 4.52. The number of hydrogen-bond donors (Lipinski definition) is 0. The monoisotopic (exact) mass is 383 g/mol. The first-order valence-electron chi connectivity index (χ1n) is 8.91. The van der Waals surface area contributed by atoms with Crippen LogP contribution in [0.15, 0.2) is 59.4 Å². The van der Waals surface area contributed by atoms with E-state index in [9.17, 15) is 9.18 Å². The van der Waals surface area contributed by atoms with Gasteiger partial charge in [-0.25, -0.2) is 9.37 Å². The van der Waals surface area contributed by atoms with E-state index in [1.165, 1.54) is 23.5 Å². The van der Waals surface area contributed by atoms with Crippen LogP contribution < -0.4 is 9.80 Å². The van der Waals surface area contributed by atoms with E-state index in [4.69, 9.17) is 0 Å². The summed E-state index contributed by atoms with van der Waals surface area (Å²) in [4.78, 5) is 21.3. The predicted octanol–water partition coefficient (Wildman–Crippen LogP) is 4.98. The Morgan fingerprint density at radius 1 is 1.07 bits per heavy atom. The normalized spacial score (nSPS) is 10.6. The Morgan fingerprint density at radius 3 is 2.37 bits per heavy atom. The lowest BCUT2D eigenvalue weighted by Gasteiger charge is -2.23. The van der Waals surface area contributed by atoms with Crippen molar-refractivity contribution in [3.63, 3.8) is 0 Å². The lowest BCUT2D eigenvalue weighted by molar-refractivity contribution is 0.0985. The molecule has 0 saturated heterocycles. The molecule has 1 amide bonds.